The van der Waals surface area contributed by atoms with Crippen LogP contribution in [0.4, 0.5) is 0 Å². The van der Waals surface area contributed by atoms with Gasteiger partial charge in [0, 0.05) is 17.7 Å². The lowest BCUT2D eigenvalue weighted by Gasteiger charge is -2.38. The highest BCUT2D eigenvalue weighted by Crippen LogP contribution is 2.24. The molecule has 1 heterocycles. The summed E-state index contributed by atoms with van der Waals surface area (Å²) < 4.78 is 27.5. The van der Waals surface area contributed by atoms with E-state index >= 15 is 0 Å². The second-order valence-electron chi connectivity index (χ2n) is 4.57. The summed E-state index contributed by atoms with van der Waals surface area (Å²) in [7, 11) is -2.79. The molecule has 1 aliphatic heterocycles. The number of hydrogen-bond acceptors (Lipinski definition) is 4. The Bertz CT molecular complexity index is 283. The predicted octanol–water partition coefficient (Wildman–Crippen LogP) is 0.437. The van der Waals surface area contributed by atoms with Crippen molar-refractivity contribution < 1.29 is 13.2 Å². The summed E-state index contributed by atoms with van der Waals surface area (Å²) in [5, 5.41) is 3.28. The molecular formula is C10H21NO3S. The quantitative estimate of drug-likeness (QED) is 0.651. The van der Waals surface area contributed by atoms with Gasteiger partial charge in [-0.05, 0) is 13.0 Å². The summed E-state index contributed by atoms with van der Waals surface area (Å²) in [6.45, 7) is 7.18. The van der Waals surface area contributed by atoms with Crippen molar-refractivity contribution in [2.45, 2.75) is 20.3 Å². The summed E-state index contributed by atoms with van der Waals surface area (Å²) in [4.78, 5) is 0. The van der Waals surface area contributed by atoms with E-state index < -0.39 is 9.84 Å². The predicted molar refractivity (Wildman–Crippen MR) is 60.7 cm³/mol. The topological polar surface area (TPSA) is 55.4 Å². The van der Waals surface area contributed by atoms with E-state index in [1.807, 2.05) is 0 Å². The fourth-order valence-corrected chi connectivity index (χ4v) is 2.38. The van der Waals surface area contributed by atoms with E-state index in [-0.39, 0.29) is 11.2 Å². The van der Waals surface area contributed by atoms with Gasteiger partial charge in [-0.3, -0.25) is 0 Å². The van der Waals surface area contributed by atoms with Gasteiger partial charge in [0.25, 0.3) is 0 Å². The maximum atomic E-state index is 11.2. The first kappa shape index (κ1) is 12.9. The van der Waals surface area contributed by atoms with Crippen LogP contribution < -0.4 is 5.32 Å². The van der Waals surface area contributed by atoms with E-state index in [4.69, 9.17) is 4.74 Å². The molecule has 1 rings (SSSR count). The Kier molecular flexibility index (Phi) is 4.55. The van der Waals surface area contributed by atoms with Crippen LogP contribution in [0.15, 0.2) is 0 Å². The molecule has 1 saturated heterocycles. The molecule has 0 radical (unpaired) electrons. The molecule has 0 unspecified atom stereocenters. The number of hydrogen-bond donors (Lipinski definition) is 1. The fraction of sp³-hybridized carbons (Fsp3) is 1.00. The Morgan fingerprint density at radius 2 is 2.07 bits per heavy atom. The Balaban J connectivity index is 2.02. The molecule has 5 heteroatoms. The minimum absolute atomic E-state index is 0.249. The highest BCUT2D eigenvalue weighted by atomic mass is 32.2. The number of ether oxygens (including phenoxy) is 1. The van der Waals surface area contributed by atoms with Crippen LogP contribution in [0, 0.1) is 5.41 Å². The summed E-state index contributed by atoms with van der Waals surface area (Å²) in [5.41, 5.74) is 0.267. The molecule has 1 aliphatic rings. The lowest BCUT2D eigenvalue weighted by atomic mass is 9.89. The van der Waals surface area contributed by atoms with E-state index in [0.29, 0.717) is 12.2 Å². The van der Waals surface area contributed by atoms with Gasteiger partial charge < -0.3 is 10.1 Å². The van der Waals surface area contributed by atoms with E-state index in [1.54, 1.807) is 6.92 Å². The third kappa shape index (κ3) is 4.49. The van der Waals surface area contributed by atoms with E-state index in [9.17, 15) is 8.42 Å². The largest absolute Gasteiger partial charge is 0.380 e. The second-order valence-corrected chi connectivity index (χ2v) is 7.04. The van der Waals surface area contributed by atoms with Crippen LogP contribution >= 0.6 is 0 Å². The van der Waals surface area contributed by atoms with Crippen LogP contribution in [0.3, 0.4) is 0 Å². The number of rotatable bonds is 7. The molecule has 0 aliphatic carbocycles. The Hall–Kier alpha value is -0.130. The first-order chi connectivity index (χ1) is 6.97. The summed E-state index contributed by atoms with van der Waals surface area (Å²) in [6, 6.07) is 0. The first-order valence-corrected chi connectivity index (χ1v) is 7.28. The molecule has 0 aromatic carbocycles. The van der Waals surface area contributed by atoms with Gasteiger partial charge in [0.2, 0.25) is 0 Å². The van der Waals surface area contributed by atoms with Gasteiger partial charge in [-0.2, -0.15) is 0 Å². The van der Waals surface area contributed by atoms with Crippen LogP contribution in [0.25, 0.3) is 0 Å². The minimum Gasteiger partial charge on any atom is -0.380 e. The molecule has 90 valence electrons. The molecule has 15 heavy (non-hydrogen) atoms. The molecule has 1 fully saturated rings. The Labute approximate surface area is 92.3 Å². The summed E-state index contributed by atoms with van der Waals surface area (Å²) in [6.07, 6.45) is 0.701. The van der Waals surface area contributed by atoms with Crippen molar-refractivity contribution in [1.29, 1.82) is 0 Å². The van der Waals surface area contributed by atoms with Crippen LogP contribution in [-0.2, 0) is 14.6 Å². The van der Waals surface area contributed by atoms with Crippen LogP contribution in [0.2, 0.25) is 0 Å². The summed E-state index contributed by atoms with van der Waals surface area (Å²) >= 11 is 0. The number of sulfone groups is 1. The maximum Gasteiger partial charge on any atom is 0.150 e. The van der Waals surface area contributed by atoms with Gasteiger partial charge in [-0.15, -0.1) is 0 Å². The van der Waals surface area contributed by atoms with Crippen molar-refractivity contribution in [3.05, 3.63) is 0 Å². The average Bonchev–Trinajstić information content (AvgIpc) is 2.14. The standard InChI is InChI=1S/C10H21NO3S/c1-3-15(12,13)6-4-5-11-7-10(2)8-14-9-10/h11H,3-9H2,1-2H3. The van der Waals surface area contributed by atoms with Gasteiger partial charge in [-0.1, -0.05) is 13.8 Å². The van der Waals surface area contributed by atoms with Crippen LogP contribution in [0.1, 0.15) is 20.3 Å². The lowest BCUT2D eigenvalue weighted by molar-refractivity contribution is -0.0989. The van der Waals surface area contributed by atoms with Crippen molar-refractivity contribution in [2.75, 3.05) is 37.8 Å². The highest BCUT2D eigenvalue weighted by Gasteiger charge is 2.32. The van der Waals surface area contributed by atoms with Crippen LogP contribution in [-0.4, -0.2) is 46.2 Å². The number of nitrogens with one attached hydrogen (secondary N) is 1. The normalized spacial score (nSPS) is 19.9. The average molecular weight is 235 g/mol. The highest BCUT2D eigenvalue weighted by molar-refractivity contribution is 7.91. The van der Waals surface area contributed by atoms with Crippen molar-refractivity contribution in [3.8, 4) is 0 Å². The smallest absolute Gasteiger partial charge is 0.150 e. The summed E-state index contributed by atoms with van der Waals surface area (Å²) in [5.74, 6) is 0.544. The maximum absolute atomic E-state index is 11.2. The first-order valence-electron chi connectivity index (χ1n) is 5.46. The van der Waals surface area contributed by atoms with Gasteiger partial charge in [-0.25, -0.2) is 8.42 Å². The minimum atomic E-state index is -2.79. The molecule has 0 aromatic rings. The SMILES string of the molecule is CCS(=O)(=O)CCCNCC1(C)COC1. The molecule has 1 N–H and O–H groups in total. The Morgan fingerprint density at radius 1 is 1.40 bits per heavy atom. The molecule has 0 atom stereocenters. The zero-order valence-corrected chi connectivity index (χ0v) is 10.4. The molecular weight excluding hydrogens is 214 g/mol. The fourth-order valence-electron chi connectivity index (χ4n) is 1.50. The van der Waals surface area contributed by atoms with E-state index in [2.05, 4.69) is 12.2 Å². The van der Waals surface area contributed by atoms with Gasteiger partial charge in [0.15, 0.2) is 0 Å². The van der Waals surface area contributed by atoms with Gasteiger partial charge >= 0.3 is 0 Å². The van der Waals surface area contributed by atoms with Gasteiger partial charge in [0.1, 0.15) is 9.84 Å². The monoisotopic (exact) mass is 235 g/mol. The lowest BCUT2D eigenvalue weighted by Crippen LogP contribution is -2.47. The van der Waals surface area contributed by atoms with Crippen molar-refractivity contribution >= 4 is 9.84 Å². The zero-order chi connectivity index (χ0) is 11.4. The van der Waals surface area contributed by atoms with E-state index in [0.717, 1.165) is 26.3 Å². The van der Waals surface area contributed by atoms with Crippen molar-refractivity contribution in [3.63, 3.8) is 0 Å². The Morgan fingerprint density at radius 3 is 2.53 bits per heavy atom. The molecule has 0 bridgehead atoms. The molecule has 0 amide bonds. The molecule has 0 saturated carbocycles. The van der Waals surface area contributed by atoms with Crippen molar-refractivity contribution in [2.24, 2.45) is 5.41 Å². The van der Waals surface area contributed by atoms with Crippen molar-refractivity contribution in [1.82, 2.24) is 5.32 Å². The third-order valence-electron chi connectivity index (χ3n) is 2.70. The molecule has 4 nitrogen and oxygen atoms in total. The van der Waals surface area contributed by atoms with Gasteiger partial charge in [0.05, 0.1) is 19.0 Å². The van der Waals surface area contributed by atoms with E-state index in [1.165, 1.54) is 0 Å². The second kappa shape index (κ2) is 5.27. The molecule has 0 aromatic heterocycles. The zero-order valence-electron chi connectivity index (χ0n) is 9.58. The van der Waals surface area contributed by atoms with Crippen LogP contribution in [0.5, 0.6) is 0 Å². The third-order valence-corrected chi connectivity index (χ3v) is 4.49. The molecule has 0 spiro atoms.